The van der Waals surface area contributed by atoms with Crippen LogP contribution < -0.4 is 14.4 Å². The number of para-hydroxylation sites is 1. The van der Waals surface area contributed by atoms with Crippen LogP contribution in [0.25, 0.3) is 11.5 Å². The molecule has 31 heavy (non-hydrogen) atoms. The molecule has 1 fully saturated rings. The maximum absolute atomic E-state index is 12.9. The molecule has 0 saturated carbocycles. The first-order valence-corrected chi connectivity index (χ1v) is 9.87. The van der Waals surface area contributed by atoms with Crippen molar-refractivity contribution in [2.75, 3.05) is 45.3 Å². The van der Waals surface area contributed by atoms with Gasteiger partial charge in [0.05, 0.1) is 19.8 Å². The zero-order valence-corrected chi connectivity index (χ0v) is 17.4. The van der Waals surface area contributed by atoms with Gasteiger partial charge in [-0.05, 0) is 36.4 Å². The molecule has 158 valence electrons. The summed E-state index contributed by atoms with van der Waals surface area (Å²) in [5.41, 5.74) is 1.53. The van der Waals surface area contributed by atoms with Crippen LogP contribution in [0.5, 0.6) is 11.5 Å². The van der Waals surface area contributed by atoms with E-state index in [4.69, 9.17) is 13.9 Å². The van der Waals surface area contributed by atoms with Crippen molar-refractivity contribution in [1.29, 1.82) is 5.26 Å². The third kappa shape index (κ3) is 4.03. The first-order chi connectivity index (χ1) is 15.1. The molecule has 0 radical (unpaired) electrons. The van der Waals surface area contributed by atoms with Crippen molar-refractivity contribution in [1.82, 2.24) is 9.88 Å². The summed E-state index contributed by atoms with van der Waals surface area (Å²) in [6.45, 7) is 2.07. The van der Waals surface area contributed by atoms with Crippen LogP contribution in [0.4, 0.5) is 5.88 Å². The molecule has 0 N–H and O–H groups in total. The van der Waals surface area contributed by atoms with Crippen molar-refractivity contribution in [2.24, 2.45) is 0 Å². The normalized spacial score (nSPS) is 13.6. The van der Waals surface area contributed by atoms with Crippen LogP contribution in [0, 0.1) is 11.3 Å². The van der Waals surface area contributed by atoms with Gasteiger partial charge in [0.15, 0.2) is 0 Å². The van der Waals surface area contributed by atoms with Crippen molar-refractivity contribution in [3.63, 3.8) is 0 Å². The molecule has 0 spiro atoms. The zero-order valence-electron chi connectivity index (χ0n) is 17.4. The van der Waals surface area contributed by atoms with Gasteiger partial charge in [-0.3, -0.25) is 4.79 Å². The van der Waals surface area contributed by atoms with E-state index < -0.39 is 0 Å². The van der Waals surface area contributed by atoms with Gasteiger partial charge in [0, 0.05) is 31.7 Å². The molecule has 1 aromatic heterocycles. The predicted molar refractivity (Wildman–Crippen MR) is 114 cm³/mol. The fourth-order valence-corrected chi connectivity index (χ4v) is 3.56. The lowest BCUT2D eigenvalue weighted by Gasteiger charge is -2.34. The van der Waals surface area contributed by atoms with Gasteiger partial charge in [0.2, 0.25) is 17.5 Å². The van der Waals surface area contributed by atoms with Crippen molar-refractivity contribution in [3.05, 3.63) is 59.8 Å². The number of nitriles is 1. The highest BCUT2D eigenvalue weighted by atomic mass is 16.5. The molecule has 3 aromatic rings. The Morgan fingerprint density at radius 2 is 1.74 bits per heavy atom. The Hall–Kier alpha value is -3.99. The fraction of sp³-hybridized carbons (Fsp3) is 0.261. The Morgan fingerprint density at radius 3 is 2.39 bits per heavy atom. The Bertz CT molecular complexity index is 1110. The molecule has 1 aliphatic rings. The van der Waals surface area contributed by atoms with E-state index in [9.17, 15) is 10.1 Å². The highest BCUT2D eigenvalue weighted by Gasteiger charge is 2.28. The summed E-state index contributed by atoms with van der Waals surface area (Å²) in [5.74, 6) is 2.02. The largest absolute Gasteiger partial charge is 0.497 e. The number of aromatic nitrogens is 1. The Labute approximate surface area is 180 Å². The van der Waals surface area contributed by atoms with E-state index in [2.05, 4.69) is 11.1 Å². The molecule has 0 atom stereocenters. The van der Waals surface area contributed by atoms with E-state index in [1.165, 1.54) is 0 Å². The van der Waals surface area contributed by atoms with Crippen LogP contribution in [0.15, 0.2) is 52.9 Å². The number of hydrogen-bond donors (Lipinski definition) is 0. The van der Waals surface area contributed by atoms with E-state index in [-0.39, 0.29) is 11.6 Å². The maximum atomic E-state index is 12.9. The molecule has 1 aliphatic heterocycles. The summed E-state index contributed by atoms with van der Waals surface area (Å²) in [5, 5.41) is 9.54. The van der Waals surface area contributed by atoms with E-state index >= 15 is 0 Å². The second-order valence-electron chi connectivity index (χ2n) is 6.99. The molecule has 8 nitrogen and oxygen atoms in total. The number of ether oxygens (including phenoxy) is 2. The summed E-state index contributed by atoms with van der Waals surface area (Å²) in [6, 6.07) is 16.6. The van der Waals surface area contributed by atoms with Crippen molar-refractivity contribution >= 4 is 11.8 Å². The number of benzene rings is 2. The van der Waals surface area contributed by atoms with Crippen LogP contribution in [0.3, 0.4) is 0 Å². The molecule has 1 amide bonds. The molecule has 0 unspecified atom stereocenters. The van der Waals surface area contributed by atoms with Crippen molar-refractivity contribution in [3.8, 4) is 29.0 Å². The second-order valence-corrected chi connectivity index (χ2v) is 6.99. The summed E-state index contributed by atoms with van der Waals surface area (Å²) < 4.78 is 16.4. The summed E-state index contributed by atoms with van der Waals surface area (Å²) in [7, 11) is 3.15. The second kappa shape index (κ2) is 8.79. The molecule has 2 aromatic carbocycles. The lowest BCUT2D eigenvalue weighted by molar-refractivity contribution is 0.0742. The molecular weight excluding hydrogens is 396 g/mol. The van der Waals surface area contributed by atoms with Gasteiger partial charge in [-0.25, -0.2) is 0 Å². The number of methoxy groups -OCH3 is 2. The maximum Gasteiger partial charge on any atom is 0.257 e. The van der Waals surface area contributed by atoms with Gasteiger partial charge >= 0.3 is 0 Å². The number of carbonyl (C=O) groups excluding carboxylic acids is 1. The number of amides is 1. The number of rotatable bonds is 5. The Morgan fingerprint density at radius 1 is 1.03 bits per heavy atom. The van der Waals surface area contributed by atoms with Crippen LogP contribution in [0.1, 0.15) is 16.1 Å². The molecular formula is C23H22N4O4. The third-order valence-corrected chi connectivity index (χ3v) is 5.24. The van der Waals surface area contributed by atoms with E-state index in [0.717, 1.165) is 11.3 Å². The summed E-state index contributed by atoms with van der Waals surface area (Å²) >= 11 is 0. The predicted octanol–water partition coefficient (Wildman–Crippen LogP) is 3.19. The van der Waals surface area contributed by atoms with Crippen LogP contribution in [-0.2, 0) is 0 Å². The molecule has 8 heteroatoms. The summed E-state index contributed by atoms with van der Waals surface area (Å²) in [4.78, 5) is 21.0. The number of piperazine rings is 1. The first kappa shape index (κ1) is 20.3. The van der Waals surface area contributed by atoms with Crippen molar-refractivity contribution < 1.29 is 18.7 Å². The number of oxazole rings is 1. The lowest BCUT2D eigenvalue weighted by atomic mass is 10.1. The first-order valence-electron chi connectivity index (χ1n) is 9.87. The van der Waals surface area contributed by atoms with Crippen molar-refractivity contribution in [2.45, 2.75) is 0 Å². The fourth-order valence-electron chi connectivity index (χ4n) is 3.56. The Kier molecular flexibility index (Phi) is 5.76. The summed E-state index contributed by atoms with van der Waals surface area (Å²) in [6.07, 6.45) is 0. The van der Waals surface area contributed by atoms with E-state index in [1.54, 1.807) is 31.3 Å². The molecule has 0 bridgehead atoms. The highest BCUT2D eigenvalue weighted by Crippen LogP contribution is 2.30. The quantitative estimate of drug-likeness (QED) is 0.628. The molecule has 0 aliphatic carbocycles. The van der Waals surface area contributed by atoms with Crippen LogP contribution >= 0.6 is 0 Å². The number of anilines is 1. The topological polar surface area (TPSA) is 91.8 Å². The standard InChI is InChI=1S/C23H22N4O4/c1-29-17-9-7-16(8-10-17)21-25-19(15-24)23(31-21)27-13-11-26(12-14-27)22(28)18-5-3-4-6-20(18)30-2/h3-10H,11-14H2,1-2H3. The minimum Gasteiger partial charge on any atom is -0.497 e. The average Bonchev–Trinajstić information content (AvgIpc) is 3.28. The van der Waals surface area contributed by atoms with Gasteiger partial charge < -0.3 is 23.7 Å². The highest BCUT2D eigenvalue weighted by molar-refractivity contribution is 5.97. The van der Waals surface area contributed by atoms with Gasteiger partial charge in [-0.15, -0.1) is 0 Å². The van der Waals surface area contributed by atoms with Gasteiger partial charge in [-0.2, -0.15) is 10.2 Å². The monoisotopic (exact) mass is 418 g/mol. The molecule has 1 saturated heterocycles. The zero-order chi connectivity index (χ0) is 21.8. The van der Waals surface area contributed by atoms with Gasteiger partial charge in [0.1, 0.15) is 17.6 Å². The van der Waals surface area contributed by atoms with Gasteiger partial charge in [0.25, 0.3) is 5.91 Å². The average molecular weight is 418 g/mol. The van der Waals surface area contributed by atoms with Gasteiger partial charge in [-0.1, -0.05) is 12.1 Å². The third-order valence-electron chi connectivity index (χ3n) is 5.24. The van der Waals surface area contributed by atoms with Crippen LogP contribution in [-0.4, -0.2) is 56.2 Å². The minimum absolute atomic E-state index is 0.0749. The SMILES string of the molecule is COc1ccc(-c2nc(C#N)c(N3CCN(C(=O)c4ccccc4OC)CC3)o2)cc1. The number of carbonyl (C=O) groups is 1. The molecule has 2 heterocycles. The smallest absolute Gasteiger partial charge is 0.257 e. The van der Waals surface area contributed by atoms with E-state index in [0.29, 0.717) is 49.3 Å². The van der Waals surface area contributed by atoms with E-state index in [1.807, 2.05) is 41.3 Å². The number of hydrogen-bond acceptors (Lipinski definition) is 7. The molecule has 4 rings (SSSR count). The Balaban J connectivity index is 1.49. The lowest BCUT2D eigenvalue weighted by Crippen LogP contribution is -2.49. The van der Waals surface area contributed by atoms with Crippen LogP contribution in [0.2, 0.25) is 0 Å². The minimum atomic E-state index is -0.0749. The number of nitrogens with zero attached hydrogens (tertiary/aromatic N) is 4.